The highest BCUT2D eigenvalue weighted by Gasteiger charge is 2.33. The third-order valence-electron chi connectivity index (χ3n) is 2.94. The Morgan fingerprint density at radius 3 is 2.60 bits per heavy atom. The highest BCUT2D eigenvalue weighted by molar-refractivity contribution is 6.23. The monoisotopic (exact) mass is 268 g/mol. The maximum Gasteiger partial charge on any atom is 0.261 e. The van der Waals surface area contributed by atoms with Crippen molar-refractivity contribution in [3.8, 4) is 0 Å². The second-order valence-corrected chi connectivity index (χ2v) is 4.31. The molecule has 1 amide bonds. The van der Waals surface area contributed by atoms with Crippen molar-refractivity contribution in [2.75, 3.05) is 5.01 Å². The van der Waals surface area contributed by atoms with Crippen molar-refractivity contribution in [3.63, 3.8) is 0 Å². The van der Waals surface area contributed by atoms with Gasteiger partial charge in [0, 0.05) is 6.21 Å². The van der Waals surface area contributed by atoms with E-state index in [4.69, 9.17) is 0 Å². The first-order valence-corrected chi connectivity index (χ1v) is 6.09. The molecule has 100 valence electrons. The zero-order valence-electron chi connectivity index (χ0n) is 10.8. The summed E-state index contributed by atoms with van der Waals surface area (Å²) in [5, 5.41) is 17.1. The van der Waals surface area contributed by atoms with Crippen LogP contribution in [0.3, 0.4) is 0 Å². The lowest BCUT2D eigenvalue weighted by atomic mass is 10.1. The molecule has 2 heterocycles. The molecule has 0 bridgehead atoms. The molecule has 0 N–H and O–H groups in total. The molecule has 7 heteroatoms. The van der Waals surface area contributed by atoms with Gasteiger partial charge in [-0.15, -0.1) is 10.2 Å². The summed E-state index contributed by atoms with van der Waals surface area (Å²) in [4.78, 5) is 12.4. The molecule has 1 aromatic carbocycles. The predicted octanol–water partition coefficient (Wildman–Crippen LogP) is 1.15. The quantitative estimate of drug-likeness (QED) is 0.783. The molecule has 0 saturated heterocycles. The SMILES string of the molecule is CC1=NN(c2ccccc2)C(=O)[C@H]1C=Nn1cnnc1. The first-order valence-electron chi connectivity index (χ1n) is 6.09. The molecule has 3 rings (SSSR count). The summed E-state index contributed by atoms with van der Waals surface area (Å²) in [6.07, 6.45) is 4.46. The van der Waals surface area contributed by atoms with Crippen LogP contribution in [0.25, 0.3) is 0 Å². The summed E-state index contributed by atoms with van der Waals surface area (Å²) < 4.78 is 1.44. The summed E-state index contributed by atoms with van der Waals surface area (Å²) in [6, 6.07) is 9.31. The Balaban J connectivity index is 1.82. The second-order valence-electron chi connectivity index (χ2n) is 4.31. The number of nitrogens with zero attached hydrogens (tertiary/aromatic N) is 6. The Morgan fingerprint density at radius 1 is 1.20 bits per heavy atom. The molecule has 1 aliphatic rings. The van der Waals surface area contributed by atoms with Crippen LogP contribution in [0, 0.1) is 5.92 Å². The van der Waals surface area contributed by atoms with E-state index < -0.39 is 5.92 Å². The third kappa shape index (κ3) is 2.20. The van der Waals surface area contributed by atoms with Crippen LogP contribution >= 0.6 is 0 Å². The maximum absolute atomic E-state index is 12.4. The Labute approximate surface area is 115 Å². The number of aromatic nitrogens is 3. The van der Waals surface area contributed by atoms with Gasteiger partial charge in [-0.3, -0.25) is 4.79 Å². The number of benzene rings is 1. The highest BCUT2D eigenvalue weighted by Crippen LogP contribution is 2.22. The Hall–Kier alpha value is -2.83. The molecule has 0 aliphatic carbocycles. The van der Waals surface area contributed by atoms with E-state index in [9.17, 15) is 4.79 Å². The van der Waals surface area contributed by atoms with Gasteiger partial charge in [-0.25, -0.2) is 4.68 Å². The van der Waals surface area contributed by atoms with Crippen LogP contribution in [0.1, 0.15) is 6.92 Å². The van der Waals surface area contributed by atoms with E-state index >= 15 is 0 Å². The van der Waals surface area contributed by atoms with Gasteiger partial charge in [-0.2, -0.15) is 15.2 Å². The molecule has 1 aromatic heterocycles. The van der Waals surface area contributed by atoms with Crippen molar-refractivity contribution in [3.05, 3.63) is 43.0 Å². The zero-order chi connectivity index (χ0) is 13.9. The van der Waals surface area contributed by atoms with Crippen molar-refractivity contribution < 1.29 is 4.79 Å². The first-order chi connectivity index (χ1) is 9.75. The van der Waals surface area contributed by atoms with E-state index in [1.165, 1.54) is 22.3 Å². The Bertz CT molecular complexity index is 661. The van der Waals surface area contributed by atoms with E-state index in [0.29, 0.717) is 5.71 Å². The summed E-state index contributed by atoms with van der Waals surface area (Å²) in [5.41, 5.74) is 1.45. The summed E-state index contributed by atoms with van der Waals surface area (Å²) in [7, 11) is 0. The number of rotatable bonds is 3. The van der Waals surface area contributed by atoms with Crippen LogP contribution in [0.5, 0.6) is 0 Å². The number of para-hydroxylation sites is 1. The van der Waals surface area contributed by atoms with Crippen LogP contribution < -0.4 is 5.01 Å². The average Bonchev–Trinajstić information content (AvgIpc) is 3.07. The van der Waals surface area contributed by atoms with Crippen molar-refractivity contribution in [2.45, 2.75) is 6.92 Å². The molecule has 0 unspecified atom stereocenters. The average molecular weight is 268 g/mol. The van der Waals surface area contributed by atoms with E-state index in [0.717, 1.165) is 5.69 Å². The fraction of sp³-hybridized carbons (Fsp3) is 0.154. The number of carbonyl (C=O) groups is 1. The number of anilines is 1. The minimum atomic E-state index is -0.461. The van der Waals surface area contributed by atoms with E-state index in [1.807, 2.05) is 37.3 Å². The van der Waals surface area contributed by atoms with Crippen LogP contribution in [-0.2, 0) is 4.79 Å². The molecule has 1 atom stereocenters. The van der Waals surface area contributed by atoms with Crippen molar-refractivity contribution >= 4 is 23.5 Å². The summed E-state index contributed by atoms with van der Waals surface area (Å²) >= 11 is 0. The van der Waals surface area contributed by atoms with Crippen molar-refractivity contribution in [2.24, 2.45) is 16.1 Å². The van der Waals surface area contributed by atoms with Crippen molar-refractivity contribution in [1.29, 1.82) is 0 Å². The molecule has 0 fully saturated rings. The number of hydrogen-bond donors (Lipinski definition) is 0. The van der Waals surface area contributed by atoms with Gasteiger partial charge in [0.15, 0.2) is 0 Å². The molecule has 7 nitrogen and oxygen atoms in total. The van der Waals surface area contributed by atoms with Crippen LogP contribution in [0.4, 0.5) is 5.69 Å². The molecule has 0 spiro atoms. The molecule has 20 heavy (non-hydrogen) atoms. The van der Waals surface area contributed by atoms with Crippen LogP contribution in [-0.4, -0.2) is 32.7 Å². The second kappa shape index (κ2) is 5.04. The molecule has 2 aromatic rings. The number of carbonyl (C=O) groups excluding carboxylic acids is 1. The van der Waals surface area contributed by atoms with Gasteiger partial charge in [-0.1, -0.05) is 18.2 Å². The fourth-order valence-electron chi connectivity index (χ4n) is 1.90. The minimum Gasteiger partial charge on any atom is -0.271 e. The molecule has 0 saturated carbocycles. The molecular formula is C13H12N6O. The topological polar surface area (TPSA) is 75.7 Å². The van der Waals surface area contributed by atoms with Gasteiger partial charge >= 0.3 is 0 Å². The van der Waals surface area contributed by atoms with Gasteiger partial charge in [0.1, 0.15) is 18.6 Å². The Morgan fingerprint density at radius 2 is 1.90 bits per heavy atom. The normalized spacial score (nSPS) is 18.9. The lowest BCUT2D eigenvalue weighted by Crippen LogP contribution is -2.28. The van der Waals surface area contributed by atoms with Crippen LogP contribution in [0.2, 0.25) is 0 Å². The van der Waals surface area contributed by atoms with Gasteiger partial charge in [0.25, 0.3) is 5.91 Å². The molecule has 0 radical (unpaired) electrons. The smallest absolute Gasteiger partial charge is 0.261 e. The number of amides is 1. The van der Waals surface area contributed by atoms with E-state index in [2.05, 4.69) is 20.4 Å². The first kappa shape index (κ1) is 12.2. The van der Waals surface area contributed by atoms with Crippen molar-refractivity contribution in [1.82, 2.24) is 14.9 Å². The van der Waals surface area contributed by atoms with Gasteiger partial charge in [0.2, 0.25) is 0 Å². The highest BCUT2D eigenvalue weighted by atomic mass is 16.2. The van der Waals surface area contributed by atoms with Crippen LogP contribution in [0.15, 0.2) is 53.2 Å². The lowest BCUT2D eigenvalue weighted by Gasteiger charge is -2.12. The zero-order valence-corrected chi connectivity index (χ0v) is 10.8. The largest absolute Gasteiger partial charge is 0.271 e. The van der Waals surface area contributed by atoms with Gasteiger partial charge in [-0.05, 0) is 19.1 Å². The number of hydrazone groups is 1. The predicted molar refractivity (Wildman–Crippen MR) is 74.4 cm³/mol. The van der Waals surface area contributed by atoms with Gasteiger partial charge in [0.05, 0.1) is 11.4 Å². The maximum atomic E-state index is 12.4. The molecular weight excluding hydrogens is 256 g/mol. The standard InChI is InChI=1S/C13H12N6O/c1-10-12(7-16-18-8-14-15-9-18)13(20)19(17-10)11-5-3-2-4-6-11/h2-9,12H,1H3/t12-/m0/s1. The summed E-state index contributed by atoms with van der Waals surface area (Å²) in [6.45, 7) is 1.81. The third-order valence-corrected chi connectivity index (χ3v) is 2.94. The fourth-order valence-corrected chi connectivity index (χ4v) is 1.90. The van der Waals surface area contributed by atoms with E-state index in [1.54, 1.807) is 6.21 Å². The molecule has 1 aliphatic heterocycles. The lowest BCUT2D eigenvalue weighted by molar-refractivity contribution is -0.118. The van der Waals surface area contributed by atoms with E-state index in [-0.39, 0.29) is 5.91 Å². The summed E-state index contributed by atoms with van der Waals surface area (Å²) in [5.74, 6) is -0.580. The van der Waals surface area contributed by atoms with Gasteiger partial charge < -0.3 is 0 Å². The minimum absolute atomic E-state index is 0.120. The number of hydrogen-bond acceptors (Lipinski definition) is 5. The Kier molecular flexibility index (Phi) is 3.08.